The Labute approximate surface area is 110 Å². The zero-order chi connectivity index (χ0) is 13.6. The summed E-state index contributed by atoms with van der Waals surface area (Å²) in [7, 11) is 0. The number of hydrogen-bond acceptors (Lipinski definition) is 3. The van der Waals surface area contributed by atoms with E-state index in [0.29, 0.717) is 5.92 Å². The molecule has 1 aliphatic carbocycles. The lowest BCUT2D eigenvalue weighted by atomic mass is 9.82. The molecule has 1 saturated carbocycles. The van der Waals surface area contributed by atoms with Gasteiger partial charge in [0.1, 0.15) is 0 Å². The van der Waals surface area contributed by atoms with Gasteiger partial charge in [-0.05, 0) is 58.9 Å². The fraction of sp³-hybridized carbons (Fsp3) is 0.929. The van der Waals surface area contributed by atoms with E-state index in [2.05, 4.69) is 26.1 Å². The predicted molar refractivity (Wildman–Crippen MR) is 71.7 cm³/mol. The van der Waals surface area contributed by atoms with Crippen LogP contribution in [0.3, 0.4) is 0 Å². The summed E-state index contributed by atoms with van der Waals surface area (Å²) in [5, 5.41) is 12.3. The molecule has 4 nitrogen and oxygen atoms in total. The first-order chi connectivity index (χ1) is 8.38. The standard InChI is InChI=1S/C14H27NO3/c1-14(2,3)18-9-8-15-10-11-4-6-12(7-5-11)13(16)17/h11-12,15H,4-10H2,1-3H3,(H,16,17). The van der Waals surface area contributed by atoms with E-state index in [4.69, 9.17) is 9.84 Å². The second-order valence-electron chi connectivity index (χ2n) is 6.22. The smallest absolute Gasteiger partial charge is 0.306 e. The molecule has 1 aliphatic rings. The van der Waals surface area contributed by atoms with Crippen LogP contribution in [0.25, 0.3) is 0 Å². The van der Waals surface area contributed by atoms with E-state index in [9.17, 15) is 4.79 Å². The predicted octanol–water partition coefficient (Wildman–Crippen LogP) is 2.28. The minimum absolute atomic E-state index is 0.0682. The van der Waals surface area contributed by atoms with Crippen LogP contribution in [0.15, 0.2) is 0 Å². The molecule has 0 aromatic rings. The van der Waals surface area contributed by atoms with Crippen molar-refractivity contribution < 1.29 is 14.6 Å². The second kappa shape index (κ2) is 7.10. The summed E-state index contributed by atoms with van der Waals surface area (Å²) < 4.78 is 5.63. The molecular formula is C14H27NO3. The number of carboxylic acid groups (broad SMARTS) is 1. The number of carboxylic acids is 1. The van der Waals surface area contributed by atoms with Crippen LogP contribution >= 0.6 is 0 Å². The van der Waals surface area contributed by atoms with Crippen molar-refractivity contribution in [3.05, 3.63) is 0 Å². The summed E-state index contributed by atoms with van der Waals surface area (Å²) in [6.07, 6.45) is 3.73. The van der Waals surface area contributed by atoms with Crippen molar-refractivity contribution in [2.45, 2.75) is 52.1 Å². The van der Waals surface area contributed by atoms with Crippen molar-refractivity contribution in [2.75, 3.05) is 19.7 Å². The van der Waals surface area contributed by atoms with Crippen molar-refractivity contribution in [1.29, 1.82) is 0 Å². The first kappa shape index (κ1) is 15.4. The normalized spacial score (nSPS) is 25.1. The fourth-order valence-corrected chi connectivity index (χ4v) is 2.35. The topological polar surface area (TPSA) is 58.6 Å². The van der Waals surface area contributed by atoms with Crippen LogP contribution in [0, 0.1) is 11.8 Å². The van der Waals surface area contributed by atoms with Crippen LogP contribution in [0.2, 0.25) is 0 Å². The molecule has 1 fully saturated rings. The molecule has 0 bridgehead atoms. The summed E-state index contributed by atoms with van der Waals surface area (Å²) in [4.78, 5) is 10.8. The molecule has 2 N–H and O–H groups in total. The van der Waals surface area contributed by atoms with E-state index < -0.39 is 5.97 Å². The molecule has 0 saturated heterocycles. The number of aliphatic carboxylic acids is 1. The van der Waals surface area contributed by atoms with Crippen LogP contribution in [-0.4, -0.2) is 36.4 Å². The van der Waals surface area contributed by atoms with E-state index in [0.717, 1.165) is 45.4 Å². The van der Waals surface area contributed by atoms with Crippen LogP contribution in [0.5, 0.6) is 0 Å². The third-order valence-electron chi connectivity index (χ3n) is 3.44. The van der Waals surface area contributed by atoms with Gasteiger partial charge in [-0.2, -0.15) is 0 Å². The molecule has 1 rings (SSSR count). The average molecular weight is 257 g/mol. The van der Waals surface area contributed by atoms with E-state index in [-0.39, 0.29) is 11.5 Å². The monoisotopic (exact) mass is 257 g/mol. The zero-order valence-electron chi connectivity index (χ0n) is 11.9. The van der Waals surface area contributed by atoms with E-state index >= 15 is 0 Å². The maximum absolute atomic E-state index is 10.8. The quantitative estimate of drug-likeness (QED) is 0.717. The molecule has 0 aromatic carbocycles. The first-order valence-corrected chi connectivity index (χ1v) is 6.96. The van der Waals surface area contributed by atoms with Gasteiger partial charge in [0, 0.05) is 6.54 Å². The van der Waals surface area contributed by atoms with E-state index in [1.807, 2.05) is 0 Å². The van der Waals surface area contributed by atoms with Crippen LogP contribution < -0.4 is 5.32 Å². The number of ether oxygens (including phenoxy) is 1. The van der Waals surface area contributed by atoms with Gasteiger partial charge < -0.3 is 15.2 Å². The lowest BCUT2D eigenvalue weighted by Crippen LogP contribution is -2.32. The highest BCUT2D eigenvalue weighted by atomic mass is 16.5. The number of nitrogens with one attached hydrogen (secondary N) is 1. The summed E-state index contributed by atoms with van der Waals surface area (Å²) in [6, 6.07) is 0. The van der Waals surface area contributed by atoms with Crippen molar-refractivity contribution >= 4 is 5.97 Å². The van der Waals surface area contributed by atoms with Crippen molar-refractivity contribution in [3.8, 4) is 0 Å². The maximum atomic E-state index is 10.8. The van der Waals surface area contributed by atoms with Crippen LogP contribution in [-0.2, 0) is 9.53 Å². The first-order valence-electron chi connectivity index (χ1n) is 6.96. The minimum Gasteiger partial charge on any atom is -0.481 e. The second-order valence-corrected chi connectivity index (χ2v) is 6.22. The van der Waals surface area contributed by atoms with Crippen LogP contribution in [0.4, 0.5) is 0 Å². The van der Waals surface area contributed by atoms with E-state index in [1.54, 1.807) is 0 Å². The average Bonchev–Trinajstić information content (AvgIpc) is 2.27. The van der Waals surface area contributed by atoms with Crippen molar-refractivity contribution in [2.24, 2.45) is 11.8 Å². The van der Waals surface area contributed by atoms with Crippen molar-refractivity contribution in [3.63, 3.8) is 0 Å². The Morgan fingerprint density at radius 1 is 1.28 bits per heavy atom. The summed E-state index contributed by atoms with van der Waals surface area (Å²) in [5.41, 5.74) is -0.0682. The maximum Gasteiger partial charge on any atom is 0.306 e. The SMILES string of the molecule is CC(C)(C)OCCNCC1CCC(C(=O)O)CC1. The molecular weight excluding hydrogens is 230 g/mol. The third kappa shape index (κ3) is 6.36. The highest BCUT2D eigenvalue weighted by Crippen LogP contribution is 2.28. The molecule has 0 spiro atoms. The lowest BCUT2D eigenvalue weighted by Gasteiger charge is -2.26. The number of rotatable bonds is 6. The summed E-state index contributed by atoms with van der Waals surface area (Å²) >= 11 is 0. The Bertz CT molecular complexity index is 252. The Hall–Kier alpha value is -0.610. The van der Waals surface area contributed by atoms with Gasteiger partial charge in [0.05, 0.1) is 18.1 Å². The Kier molecular flexibility index (Phi) is 6.09. The minimum atomic E-state index is -0.625. The summed E-state index contributed by atoms with van der Waals surface area (Å²) in [5.74, 6) is -0.0966. The molecule has 4 heteroatoms. The molecule has 0 atom stereocenters. The molecule has 0 heterocycles. The third-order valence-corrected chi connectivity index (χ3v) is 3.44. The molecule has 0 aliphatic heterocycles. The van der Waals surface area contributed by atoms with E-state index in [1.165, 1.54) is 0 Å². The van der Waals surface area contributed by atoms with Gasteiger partial charge in [-0.1, -0.05) is 0 Å². The van der Waals surface area contributed by atoms with Gasteiger partial charge in [0.15, 0.2) is 0 Å². The number of carbonyl (C=O) groups is 1. The Balaban J connectivity index is 2.03. The molecule has 18 heavy (non-hydrogen) atoms. The fourth-order valence-electron chi connectivity index (χ4n) is 2.35. The van der Waals surface area contributed by atoms with Gasteiger partial charge in [-0.15, -0.1) is 0 Å². The largest absolute Gasteiger partial charge is 0.481 e. The number of hydrogen-bond donors (Lipinski definition) is 2. The summed E-state index contributed by atoms with van der Waals surface area (Å²) in [6.45, 7) is 8.75. The zero-order valence-corrected chi connectivity index (χ0v) is 11.9. The van der Waals surface area contributed by atoms with Gasteiger partial charge in [0.2, 0.25) is 0 Å². The van der Waals surface area contributed by atoms with Crippen LogP contribution in [0.1, 0.15) is 46.5 Å². The van der Waals surface area contributed by atoms with Gasteiger partial charge in [0.25, 0.3) is 0 Å². The van der Waals surface area contributed by atoms with Crippen molar-refractivity contribution in [1.82, 2.24) is 5.32 Å². The highest BCUT2D eigenvalue weighted by Gasteiger charge is 2.25. The molecule has 0 aromatic heterocycles. The molecule has 106 valence electrons. The Morgan fingerprint density at radius 2 is 1.89 bits per heavy atom. The Morgan fingerprint density at radius 3 is 2.39 bits per heavy atom. The molecule has 0 radical (unpaired) electrons. The highest BCUT2D eigenvalue weighted by molar-refractivity contribution is 5.69. The van der Waals surface area contributed by atoms with Gasteiger partial charge >= 0.3 is 5.97 Å². The molecule has 0 unspecified atom stereocenters. The van der Waals surface area contributed by atoms with Gasteiger partial charge in [-0.3, -0.25) is 4.79 Å². The van der Waals surface area contributed by atoms with Gasteiger partial charge in [-0.25, -0.2) is 0 Å². The lowest BCUT2D eigenvalue weighted by molar-refractivity contribution is -0.143. The molecule has 0 amide bonds.